The number of nitriles is 1. The Morgan fingerprint density at radius 3 is 2.62 bits per heavy atom. The van der Waals surface area contributed by atoms with Crippen LogP contribution in [0.15, 0.2) is 30.3 Å². The van der Waals surface area contributed by atoms with E-state index < -0.39 is 0 Å². The smallest absolute Gasteiger partial charge is 0.0622 e. The van der Waals surface area contributed by atoms with Crippen LogP contribution >= 0.6 is 0 Å². The summed E-state index contributed by atoms with van der Waals surface area (Å²) in [5.74, 6) is 0. The standard InChI is InChI=1S/C11H14N2/c1-13(10-6-5-9-12)11-7-3-2-4-8-11/h2-4,7-8H,5-6,10H2,1H3. The number of benzene rings is 1. The molecule has 0 atom stereocenters. The van der Waals surface area contributed by atoms with Gasteiger partial charge in [-0.1, -0.05) is 18.2 Å². The number of hydrogen-bond donors (Lipinski definition) is 0. The van der Waals surface area contributed by atoms with Gasteiger partial charge >= 0.3 is 0 Å². The van der Waals surface area contributed by atoms with Gasteiger partial charge in [-0.25, -0.2) is 0 Å². The Labute approximate surface area is 79.4 Å². The van der Waals surface area contributed by atoms with Gasteiger partial charge in [-0.2, -0.15) is 5.26 Å². The molecule has 0 aliphatic heterocycles. The molecular weight excluding hydrogens is 160 g/mol. The Hall–Kier alpha value is -1.49. The van der Waals surface area contributed by atoms with Gasteiger partial charge in [-0.15, -0.1) is 0 Å². The second-order valence-electron chi connectivity index (χ2n) is 3.02. The fraction of sp³-hybridized carbons (Fsp3) is 0.364. The van der Waals surface area contributed by atoms with Crippen molar-refractivity contribution in [3.63, 3.8) is 0 Å². The van der Waals surface area contributed by atoms with Crippen LogP contribution in [-0.2, 0) is 0 Å². The van der Waals surface area contributed by atoms with Crippen molar-refractivity contribution in [1.29, 1.82) is 5.26 Å². The minimum Gasteiger partial charge on any atom is -0.375 e. The third kappa shape index (κ3) is 3.16. The molecule has 68 valence electrons. The van der Waals surface area contributed by atoms with Crippen molar-refractivity contribution in [2.24, 2.45) is 0 Å². The molecule has 0 heterocycles. The number of unbranched alkanes of at least 4 members (excludes halogenated alkanes) is 1. The summed E-state index contributed by atoms with van der Waals surface area (Å²) in [4.78, 5) is 2.16. The molecule has 1 rings (SSSR count). The number of anilines is 1. The molecule has 0 aromatic heterocycles. The van der Waals surface area contributed by atoms with Crippen molar-refractivity contribution in [1.82, 2.24) is 0 Å². The van der Waals surface area contributed by atoms with Crippen molar-refractivity contribution >= 4 is 5.69 Å². The lowest BCUT2D eigenvalue weighted by molar-refractivity contribution is 0.807. The number of para-hydroxylation sites is 1. The van der Waals surface area contributed by atoms with E-state index in [1.807, 2.05) is 25.2 Å². The van der Waals surface area contributed by atoms with Crippen LogP contribution < -0.4 is 4.90 Å². The van der Waals surface area contributed by atoms with E-state index in [0.29, 0.717) is 6.42 Å². The molecule has 0 radical (unpaired) electrons. The lowest BCUT2D eigenvalue weighted by Gasteiger charge is -2.18. The largest absolute Gasteiger partial charge is 0.375 e. The van der Waals surface area contributed by atoms with Gasteiger partial charge in [0.2, 0.25) is 0 Å². The van der Waals surface area contributed by atoms with Gasteiger partial charge in [0.15, 0.2) is 0 Å². The lowest BCUT2D eigenvalue weighted by Crippen LogP contribution is -2.17. The third-order valence-corrected chi connectivity index (χ3v) is 1.98. The zero-order valence-corrected chi connectivity index (χ0v) is 7.90. The lowest BCUT2D eigenvalue weighted by atomic mass is 10.2. The molecule has 13 heavy (non-hydrogen) atoms. The minimum absolute atomic E-state index is 0.636. The van der Waals surface area contributed by atoms with Crippen molar-refractivity contribution in [3.05, 3.63) is 30.3 Å². The summed E-state index contributed by atoms with van der Waals surface area (Å²) in [6.07, 6.45) is 1.57. The zero-order chi connectivity index (χ0) is 9.52. The van der Waals surface area contributed by atoms with Gasteiger partial charge in [0.05, 0.1) is 6.07 Å². The highest BCUT2D eigenvalue weighted by Crippen LogP contribution is 2.11. The van der Waals surface area contributed by atoms with Gasteiger partial charge in [-0.3, -0.25) is 0 Å². The Bertz CT molecular complexity index is 274. The fourth-order valence-corrected chi connectivity index (χ4v) is 1.21. The predicted molar refractivity (Wildman–Crippen MR) is 54.6 cm³/mol. The van der Waals surface area contributed by atoms with E-state index >= 15 is 0 Å². The van der Waals surface area contributed by atoms with Gasteiger partial charge in [0.25, 0.3) is 0 Å². The van der Waals surface area contributed by atoms with Gasteiger partial charge < -0.3 is 4.90 Å². The highest BCUT2D eigenvalue weighted by atomic mass is 15.1. The van der Waals surface area contributed by atoms with E-state index in [2.05, 4.69) is 23.1 Å². The number of rotatable bonds is 4. The van der Waals surface area contributed by atoms with E-state index in [4.69, 9.17) is 5.26 Å². The molecule has 0 N–H and O–H groups in total. The normalized spacial score (nSPS) is 9.23. The molecule has 0 saturated carbocycles. The average Bonchev–Trinajstić information content (AvgIpc) is 2.19. The van der Waals surface area contributed by atoms with Gasteiger partial charge in [-0.05, 0) is 18.6 Å². The summed E-state index contributed by atoms with van der Waals surface area (Å²) in [6, 6.07) is 12.4. The van der Waals surface area contributed by atoms with Crippen LogP contribution in [0.3, 0.4) is 0 Å². The Balaban J connectivity index is 2.41. The first-order valence-corrected chi connectivity index (χ1v) is 4.47. The molecule has 0 unspecified atom stereocenters. The maximum absolute atomic E-state index is 8.38. The zero-order valence-electron chi connectivity index (χ0n) is 7.90. The summed E-state index contributed by atoms with van der Waals surface area (Å²) in [7, 11) is 2.05. The van der Waals surface area contributed by atoms with E-state index in [1.54, 1.807) is 0 Å². The Morgan fingerprint density at radius 2 is 2.00 bits per heavy atom. The highest BCUT2D eigenvalue weighted by molar-refractivity contribution is 5.44. The molecule has 0 spiro atoms. The van der Waals surface area contributed by atoms with Crippen LogP contribution in [0.25, 0.3) is 0 Å². The van der Waals surface area contributed by atoms with E-state index in [1.165, 1.54) is 5.69 Å². The fourth-order valence-electron chi connectivity index (χ4n) is 1.21. The monoisotopic (exact) mass is 174 g/mol. The first-order chi connectivity index (χ1) is 6.34. The summed E-state index contributed by atoms with van der Waals surface area (Å²) in [6.45, 7) is 0.942. The Kier molecular flexibility index (Phi) is 3.84. The quantitative estimate of drug-likeness (QED) is 0.655. The van der Waals surface area contributed by atoms with Crippen LogP contribution in [0.4, 0.5) is 5.69 Å². The molecule has 0 saturated heterocycles. The maximum atomic E-state index is 8.38. The minimum atomic E-state index is 0.636. The van der Waals surface area contributed by atoms with Gasteiger partial charge in [0.1, 0.15) is 0 Å². The summed E-state index contributed by atoms with van der Waals surface area (Å²) < 4.78 is 0. The van der Waals surface area contributed by atoms with Crippen LogP contribution in [0.1, 0.15) is 12.8 Å². The summed E-state index contributed by atoms with van der Waals surface area (Å²) >= 11 is 0. The van der Waals surface area contributed by atoms with Crippen LogP contribution in [-0.4, -0.2) is 13.6 Å². The van der Waals surface area contributed by atoms with Crippen molar-refractivity contribution in [3.8, 4) is 6.07 Å². The molecule has 0 aliphatic rings. The highest BCUT2D eigenvalue weighted by Gasteiger charge is 1.97. The molecule has 2 nitrogen and oxygen atoms in total. The van der Waals surface area contributed by atoms with Crippen molar-refractivity contribution < 1.29 is 0 Å². The van der Waals surface area contributed by atoms with E-state index in [9.17, 15) is 0 Å². The molecule has 0 aliphatic carbocycles. The van der Waals surface area contributed by atoms with Crippen LogP contribution in [0.2, 0.25) is 0 Å². The topological polar surface area (TPSA) is 27.0 Å². The van der Waals surface area contributed by atoms with Crippen LogP contribution in [0.5, 0.6) is 0 Å². The SMILES string of the molecule is CN(CCCC#N)c1ccccc1. The second-order valence-corrected chi connectivity index (χ2v) is 3.02. The summed E-state index contributed by atoms with van der Waals surface area (Å²) in [5.41, 5.74) is 1.21. The van der Waals surface area contributed by atoms with E-state index in [0.717, 1.165) is 13.0 Å². The molecular formula is C11H14N2. The van der Waals surface area contributed by atoms with Crippen molar-refractivity contribution in [2.45, 2.75) is 12.8 Å². The van der Waals surface area contributed by atoms with E-state index in [-0.39, 0.29) is 0 Å². The molecule has 0 fully saturated rings. The van der Waals surface area contributed by atoms with Crippen LogP contribution in [0, 0.1) is 11.3 Å². The molecule has 0 bridgehead atoms. The number of nitrogens with zero attached hydrogens (tertiary/aromatic N) is 2. The van der Waals surface area contributed by atoms with Crippen molar-refractivity contribution in [2.75, 3.05) is 18.5 Å². The predicted octanol–water partition coefficient (Wildman–Crippen LogP) is 2.43. The molecule has 0 amide bonds. The average molecular weight is 174 g/mol. The van der Waals surface area contributed by atoms with Gasteiger partial charge in [0, 0.05) is 25.7 Å². The first kappa shape index (κ1) is 9.60. The maximum Gasteiger partial charge on any atom is 0.0622 e. The first-order valence-electron chi connectivity index (χ1n) is 4.47. The molecule has 1 aromatic rings. The number of hydrogen-bond acceptors (Lipinski definition) is 2. The second kappa shape index (κ2) is 5.21. The third-order valence-electron chi connectivity index (χ3n) is 1.98. The summed E-state index contributed by atoms with van der Waals surface area (Å²) in [5, 5.41) is 8.38. The molecule has 2 heteroatoms. The Morgan fingerprint density at radius 1 is 1.31 bits per heavy atom. The molecule has 1 aromatic carbocycles.